The van der Waals surface area contributed by atoms with E-state index >= 15 is 0 Å². The summed E-state index contributed by atoms with van der Waals surface area (Å²) in [7, 11) is -2.30. The molecule has 2 aromatic rings. The maximum absolute atomic E-state index is 13.4. The number of rotatable bonds is 6. The highest BCUT2D eigenvalue weighted by atomic mass is 35.5. The third kappa shape index (κ3) is 4.20. The molecule has 2 heterocycles. The number of carbonyl (C=O) groups is 1. The second-order valence-corrected chi connectivity index (χ2v) is 9.67. The Balaban J connectivity index is 1.99. The second kappa shape index (κ2) is 8.45. The summed E-state index contributed by atoms with van der Waals surface area (Å²) in [4.78, 5) is 13.0. The van der Waals surface area contributed by atoms with Gasteiger partial charge >= 0.3 is 5.97 Å². The largest absolute Gasteiger partial charge is 0.466 e. The molecule has 1 atom stereocenters. The summed E-state index contributed by atoms with van der Waals surface area (Å²) in [5.41, 5.74) is 0.369. The first-order valence-electron chi connectivity index (χ1n) is 9.61. The summed E-state index contributed by atoms with van der Waals surface area (Å²) >= 11 is 6.23. The third-order valence-electron chi connectivity index (χ3n) is 5.33. The molecule has 0 radical (unpaired) electrons. The van der Waals surface area contributed by atoms with Crippen LogP contribution in [-0.2, 0) is 33.0 Å². The number of nitrogens with zero attached hydrogens (tertiary/aromatic N) is 3. The number of halogens is 1. The smallest absolute Gasteiger partial charge is 0.313 e. The molecule has 1 fully saturated rings. The maximum Gasteiger partial charge on any atom is 0.313 e. The van der Waals surface area contributed by atoms with Crippen molar-refractivity contribution in [2.24, 2.45) is 12.5 Å². The number of piperidine rings is 1. The van der Waals surface area contributed by atoms with Crippen LogP contribution < -0.4 is 0 Å². The van der Waals surface area contributed by atoms with Crippen LogP contribution in [0.3, 0.4) is 0 Å². The fourth-order valence-corrected chi connectivity index (χ4v) is 6.25. The van der Waals surface area contributed by atoms with Gasteiger partial charge in [0.05, 0.1) is 17.7 Å². The summed E-state index contributed by atoms with van der Waals surface area (Å²) in [5, 5.41) is 4.20. The lowest BCUT2D eigenvalue weighted by Gasteiger charge is -2.40. The molecule has 0 N–H and O–H groups in total. The van der Waals surface area contributed by atoms with Gasteiger partial charge in [0.2, 0.25) is 10.0 Å². The van der Waals surface area contributed by atoms with Gasteiger partial charge in [0, 0.05) is 20.1 Å². The van der Waals surface area contributed by atoms with Crippen LogP contribution in [0, 0.1) is 12.3 Å². The summed E-state index contributed by atoms with van der Waals surface area (Å²) in [6.07, 6.45) is 1.53. The number of ether oxygens (including phenoxy) is 1. The predicted octanol–water partition coefficient (Wildman–Crippen LogP) is 2.96. The minimum atomic E-state index is -3.90. The van der Waals surface area contributed by atoms with Gasteiger partial charge in [-0.2, -0.15) is 9.40 Å². The Morgan fingerprint density at radius 2 is 2.00 bits per heavy atom. The zero-order chi connectivity index (χ0) is 21.2. The monoisotopic (exact) mass is 439 g/mol. The van der Waals surface area contributed by atoms with E-state index in [-0.39, 0.29) is 29.2 Å². The van der Waals surface area contributed by atoms with Crippen LogP contribution >= 0.6 is 11.6 Å². The van der Waals surface area contributed by atoms with Crippen molar-refractivity contribution in [3.8, 4) is 0 Å². The summed E-state index contributed by atoms with van der Waals surface area (Å²) < 4.78 is 34.9. The molecule has 1 aliphatic rings. The molecule has 1 aromatic carbocycles. The average molecular weight is 440 g/mol. The number of esters is 1. The second-order valence-electron chi connectivity index (χ2n) is 7.43. The molecule has 1 saturated heterocycles. The van der Waals surface area contributed by atoms with E-state index in [4.69, 9.17) is 16.3 Å². The molecule has 1 aliphatic heterocycles. The van der Waals surface area contributed by atoms with Crippen molar-refractivity contribution in [1.29, 1.82) is 0 Å². The van der Waals surface area contributed by atoms with Crippen LogP contribution in [0.15, 0.2) is 35.2 Å². The number of sulfonamides is 1. The lowest BCUT2D eigenvalue weighted by atomic mass is 9.75. The number of hydrogen-bond acceptors (Lipinski definition) is 5. The molecule has 3 rings (SSSR count). The quantitative estimate of drug-likeness (QED) is 0.646. The molecular formula is C20H26ClN3O4S. The van der Waals surface area contributed by atoms with Gasteiger partial charge in [0.25, 0.3) is 0 Å². The number of aromatic nitrogens is 2. The maximum atomic E-state index is 13.4. The number of hydrogen-bond donors (Lipinski definition) is 0. The Morgan fingerprint density at radius 3 is 2.59 bits per heavy atom. The van der Waals surface area contributed by atoms with Crippen molar-refractivity contribution in [1.82, 2.24) is 14.1 Å². The summed E-state index contributed by atoms with van der Waals surface area (Å²) in [6, 6.07) is 9.60. The van der Waals surface area contributed by atoms with E-state index in [2.05, 4.69) is 5.10 Å². The Labute approximate surface area is 176 Å². The first-order chi connectivity index (χ1) is 13.7. The fraction of sp³-hybridized carbons (Fsp3) is 0.500. The molecule has 0 bridgehead atoms. The molecular weight excluding hydrogens is 414 g/mol. The van der Waals surface area contributed by atoms with Crippen LogP contribution in [0.2, 0.25) is 5.15 Å². The summed E-state index contributed by atoms with van der Waals surface area (Å²) in [6.45, 7) is 3.99. The highest BCUT2D eigenvalue weighted by Crippen LogP contribution is 2.38. The van der Waals surface area contributed by atoms with Crippen LogP contribution in [0.25, 0.3) is 0 Å². The third-order valence-corrected chi connectivity index (χ3v) is 7.88. The predicted molar refractivity (Wildman–Crippen MR) is 110 cm³/mol. The molecule has 158 valence electrons. The molecule has 1 aromatic heterocycles. The lowest BCUT2D eigenvalue weighted by molar-refractivity contribution is -0.157. The van der Waals surface area contributed by atoms with Gasteiger partial charge in [-0.05, 0) is 38.7 Å². The number of aryl methyl sites for hydroxylation is 2. The summed E-state index contributed by atoms with van der Waals surface area (Å²) in [5.74, 6) is -0.363. The van der Waals surface area contributed by atoms with Gasteiger partial charge in [0.15, 0.2) is 0 Å². The van der Waals surface area contributed by atoms with Gasteiger partial charge in [-0.15, -0.1) is 0 Å². The molecule has 0 spiro atoms. The Bertz CT molecular complexity index is 991. The molecule has 0 unspecified atom stereocenters. The van der Waals surface area contributed by atoms with Crippen LogP contribution in [0.1, 0.15) is 31.0 Å². The van der Waals surface area contributed by atoms with Crippen LogP contribution in [0.5, 0.6) is 0 Å². The minimum Gasteiger partial charge on any atom is -0.466 e. The highest BCUT2D eigenvalue weighted by molar-refractivity contribution is 7.89. The average Bonchev–Trinajstić information content (AvgIpc) is 2.95. The van der Waals surface area contributed by atoms with E-state index in [9.17, 15) is 13.2 Å². The van der Waals surface area contributed by atoms with E-state index in [0.29, 0.717) is 31.5 Å². The standard InChI is InChI=1S/C20H26ClN3O4S/c1-4-28-19(25)20(13-16-9-6-5-7-10-16)11-8-12-24(14-20)29(26,27)17-15(2)22-23(3)18(17)21/h5-7,9-10H,4,8,11-14H2,1-3H3/t20-/m0/s1. The fourth-order valence-electron chi connectivity index (χ4n) is 3.98. The van der Waals surface area contributed by atoms with E-state index < -0.39 is 15.4 Å². The van der Waals surface area contributed by atoms with Crippen LogP contribution in [0.4, 0.5) is 0 Å². The number of benzene rings is 1. The Kier molecular flexibility index (Phi) is 6.36. The number of carbonyl (C=O) groups excluding carboxylic acids is 1. The first-order valence-corrected chi connectivity index (χ1v) is 11.4. The molecule has 7 nitrogen and oxygen atoms in total. The van der Waals surface area contributed by atoms with Crippen molar-refractivity contribution in [2.45, 2.75) is 38.0 Å². The van der Waals surface area contributed by atoms with E-state index in [1.807, 2.05) is 30.3 Å². The normalized spacial score (nSPS) is 20.6. The van der Waals surface area contributed by atoms with E-state index in [1.54, 1.807) is 20.9 Å². The highest BCUT2D eigenvalue weighted by Gasteiger charge is 2.47. The topological polar surface area (TPSA) is 81.5 Å². The minimum absolute atomic E-state index is 0.000960. The van der Waals surface area contributed by atoms with Gasteiger partial charge in [-0.1, -0.05) is 41.9 Å². The SMILES string of the molecule is CCOC(=O)[C@]1(Cc2ccccc2)CCCN(S(=O)(=O)c2c(C)nn(C)c2Cl)C1. The van der Waals surface area contributed by atoms with E-state index in [0.717, 1.165) is 5.56 Å². The molecule has 9 heteroatoms. The van der Waals surface area contributed by atoms with Crippen molar-refractivity contribution in [2.75, 3.05) is 19.7 Å². The van der Waals surface area contributed by atoms with E-state index in [1.165, 1.54) is 8.99 Å². The van der Waals surface area contributed by atoms with Crippen LogP contribution in [-0.4, -0.2) is 48.2 Å². The lowest BCUT2D eigenvalue weighted by Crippen LogP contribution is -2.51. The first kappa shape index (κ1) is 21.8. The zero-order valence-corrected chi connectivity index (χ0v) is 18.5. The van der Waals surface area contributed by atoms with Crippen molar-refractivity contribution >= 4 is 27.6 Å². The van der Waals surface area contributed by atoms with Gasteiger partial charge in [0.1, 0.15) is 10.0 Å². The molecule has 29 heavy (non-hydrogen) atoms. The zero-order valence-electron chi connectivity index (χ0n) is 16.9. The Morgan fingerprint density at radius 1 is 1.31 bits per heavy atom. The van der Waals surface area contributed by atoms with Gasteiger partial charge < -0.3 is 4.74 Å². The molecule has 0 saturated carbocycles. The van der Waals surface area contributed by atoms with Crippen molar-refractivity contribution in [3.63, 3.8) is 0 Å². The Hall–Kier alpha value is -1.90. The van der Waals surface area contributed by atoms with Gasteiger partial charge in [-0.25, -0.2) is 8.42 Å². The molecule has 0 aliphatic carbocycles. The van der Waals surface area contributed by atoms with Crippen molar-refractivity contribution in [3.05, 3.63) is 46.7 Å². The van der Waals surface area contributed by atoms with Crippen molar-refractivity contribution < 1.29 is 17.9 Å². The molecule has 0 amide bonds. The van der Waals surface area contributed by atoms with Gasteiger partial charge in [-0.3, -0.25) is 9.48 Å².